The number of nitriles is 1. The fraction of sp³-hybridized carbons (Fsp3) is 0.333. The van der Waals surface area contributed by atoms with Gasteiger partial charge in [-0.3, -0.25) is 14.6 Å². The topological polar surface area (TPSA) is 94.3 Å². The Morgan fingerprint density at radius 2 is 2.22 bits per heavy atom. The van der Waals surface area contributed by atoms with E-state index >= 15 is 0 Å². The number of hydrogen-bond acceptors (Lipinski definition) is 4. The Balaban J connectivity index is 3.29. The lowest BCUT2D eigenvalue weighted by Gasteiger charge is -2.15. The monoisotopic (exact) mass is 247 g/mol. The molecule has 0 saturated carbocycles. The summed E-state index contributed by atoms with van der Waals surface area (Å²) < 4.78 is 0. The predicted octanol–water partition coefficient (Wildman–Crippen LogP) is 1.11. The van der Waals surface area contributed by atoms with Crippen molar-refractivity contribution in [2.45, 2.75) is 26.7 Å². The van der Waals surface area contributed by atoms with Crippen molar-refractivity contribution < 1.29 is 14.7 Å². The first-order valence-corrected chi connectivity index (χ1v) is 5.39. The summed E-state index contributed by atoms with van der Waals surface area (Å²) in [5, 5.41) is 17.8. The molecule has 6 nitrogen and oxygen atoms in total. The number of aromatic nitrogens is 1. The van der Waals surface area contributed by atoms with Crippen LogP contribution < -0.4 is 4.90 Å². The van der Waals surface area contributed by atoms with Crippen LogP contribution in [0.4, 0.5) is 5.69 Å². The number of carbonyl (C=O) groups excluding carboxylic acids is 1. The van der Waals surface area contributed by atoms with E-state index in [0.717, 1.165) is 10.6 Å². The van der Waals surface area contributed by atoms with Crippen molar-refractivity contribution in [1.29, 1.82) is 5.26 Å². The molecular weight excluding hydrogens is 234 g/mol. The second-order valence-corrected chi connectivity index (χ2v) is 3.68. The van der Waals surface area contributed by atoms with Gasteiger partial charge in [-0.05, 0) is 18.1 Å². The zero-order valence-electron chi connectivity index (χ0n) is 10.2. The lowest BCUT2D eigenvalue weighted by Crippen LogP contribution is -2.24. The average molecular weight is 247 g/mol. The molecule has 0 radical (unpaired) electrons. The highest BCUT2D eigenvalue weighted by Gasteiger charge is 2.17. The molecule has 0 aliphatic carbocycles. The van der Waals surface area contributed by atoms with Gasteiger partial charge in [0.05, 0.1) is 18.3 Å². The third-order valence-corrected chi connectivity index (χ3v) is 2.38. The highest BCUT2D eigenvalue weighted by atomic mass is 16.4. The van der Waals surface area contributed by atoms with Gasteiger partial charge in [0.15, 0.2) is 6.19 Å². The first kappa shape index (κ1) is 13.6. The number of aryl methyl sites for hydroxylation is 1. The minimum Gasteiger partial charge on any atom is -0.481 e. The number of carboxylic acid groups (broad SMARTS) is 1. The number of pyridine rings is 1. The predicted molar refractivity (Wildman–Crippen MR) is 63.7 cm³/mol. The molecule has 94 valence electrons. The molecule has 18 heavy (non-hydrogen) atoms. The van der Waals surface area contributed by atoms with Crippen molar-refractivity contribution in [1.82, 2.24) is 4.98 Å². The quantitative estimate of drug-likeness (QED) is 0.635. The SMILES string of the molecule is CCc1cc(CC(=O)O)c(N(C#N)C(C)=O)cn1. The van der Waals surface area contributed by atoms with E-state index in [-0.39, 0.29) is 12.1 Å². The zero-order valence-corrected chi connectivity index (χ0v) is 10.2. The fourth-order valence-corrected chi connectivity index (χ4v) is 1.53. The third-order valence-electron chi connectivity index (χ3n) is 2.38. The van der Waals surface area contributed by atoms with Gasteiger partial charge in [-0.25, -0.2) is 4.90 Å². The fourth-order valence-electron chi connectivity index (χ4n) is 1.53. The molecule has 0 fully saturated rings. The van der Waals surface area contributed by atoms with E-state index in [1.807, 2.05) is 6.92 Å². The van der Waals surface area contributed by atoms with Crippen LogP contribution in [0.15, 0.2) is 12.3 Å². The molecule has 0 atom stereocenters. The molecular formula is C12H13N3O3. The Labute approximate surface area is 104 Å². The van der Waals surface area contributed by atoms with Crippen LogP contribution in [0.1, 0.15) is 25.1 Å². The first-order valence-electron chi connectivity index (χ1n) is 5.39. The summed E-state index contributed by atoms with van der Waals surface area (Å²) in [5.74, 6) is -1.50. The van der Waals surface area contributed by atoms with Gasteiger partial charge < -0.3 is 5.11 Å². The van der Waals surface area contributed by atoms with Crippen LogP contribution in [0.3, 0.4) is 0 Å². The summed E-state index contributed by atoms with van der Waals surface area (Å²) in [6, 6.07) is 1.61. The summed E-state index contributed by atoms with van der Waals surface area (Å²) >= 11 is 0. The van der Waals surface area contributed by atoms with Crippen molar-refractivity contribution in [3.8, 4) is 6.19 Å². The number of rotatable bonds is 4. The van der Waals surface area contributed by atoms with Gasteiger partial charge >= 0.3 is 5.97 Å². The molecule has 1 aromatic heterocycles. The highest BCUT2D eigenvalue weighted by Crippen LogP contribution is 2.21. The van der Waals surface area contributed by atoms with Crippen molar-refractivity contribution in [3.63, 3.8) is 0 Å². The van der Waals surface area contributed by atoms with E-state index < -0.39 is 11.9 Å². The summed E-state index contributed by atoms with van der Waals surface area (Å²) in [5.41, 5.74) is 1.35. The maximum Gasteiger partial charge on any atom is 0.307 e. The second kappa shape index (κ2) is 5.77. The van der Waals surface area contributed by atoms with Crippen molar-refractivity contribution in [2.75, 3.05) is 4.90 Å². The van der Waals surface area contributed by atoms with Crippen molar-refractivity contribution >= 4 is 17.6 Å². The minimum absolute atomic E-state index is 0.226. The Morgan fingerprint density at radius 1 is 1.56 bits per heavy atom. The zero-order chi connectivity index (χ0) is 13.7. The number of carbonyl (C=O) groups is 2. The summed E-state index contributed by atoms with van der Waals surface area (Å²) in [6.45, 7) is 3.13. The standard InChI is InChI=1S/C12H13N3O3/c1-3-10-4-9(5-12(17)18)11(6-14-10)15(7-13)8(2)16/h4,6H,3,5H2,1-2H3,(H,17,18). The van der Waals surface area contributed by atoms with E-state index in [9.17, 15) is 9.59 Å². The molecule has 6 heteroatoms. The van der Waals surface area contributed by atoms with Crippen LogP contribution in [-0.4, -0.2) is 22.0 Å². The lowest BCUT2D eigenvalue weighted by molar-refractivity contribution is -0.136. The number of anilines is 1. The maximum absolute atomic E-state index is 11.3. The van der Waals surface area contributed by atoms with Gasteiger partial charge in [0, 0.05) is 12.6 Å². The smallest absolute Gasteiger partial charge is 0.307 e. The summed E-state index contributed by atoms with van der Waals surface area (Å²) in [6.07, 6.45) is 3.48. The molecule has 0 aliphatic rings. The molecule has 0 aromatic carbocycles. The van der Waals surface area contributed by atoms with Crippen LogP contribution in [0.5, 0.6) is 0 Å². The van der Waals surface area contributed by atoms with Crippen molar-refractivity contribution in [2.24, 2.45) is 0 Å². The van der Waals surface area contributed by atoms with E-state index in [2.05, 4.69) is 4.98 Å². The number of nitrogens with zero attached hydrogens (tertiary/aromatic N) is 3. The maximum atomic E-state index is 11.3. The van der Waals surface area contributed by atoms with Gasteiger partial charge in [-0.2, -0.15) is 5.26 Å². The number of amides is 1. The Hall–Kier alpha value is -2.42. The molecule has 1 N–H and O–H groups in total. The van der Waals surface area contributed by atoms with E-state index in [1.54, 1.807) is 12.3 Å². The van der Waals surface area contributed by atoms with Gasteiger partial charge in [0.2, 0.25) is 5.91 Å². The van der Waals surface area contributed by atoms with Gasteiger partial charge in [0.25, 0.3) is 0 Å². The van der Waals surface area contributed by atoms with Crippen LogP contribution in [-0.2, 0) is 22.4 Å². The van der Waals surface area contributed by atoms with E-state index in [1.165, 1.54) is 13.1 Å². The van der Waals surface area contributed by atoms with Gasteiger partial charge in [0.1, 0.15) is 0 Å². The second-order valence-electron chi connectivity index (χ2n) is 3.68. The molecule has 0 aliphatic heterocycles. The van der Waals surface area contributed by atoms with Crippen LogP contribution in [0.2, 0.25) is 0 Å². The largest absolute Gasteiger partial charge is 0.481 e. The highest BCUT2D eigenvalue weighted by molar-refractivity contribution is 5.95. The van der Waals surface area contributed by atoms with Crippen molar-refractivity contribution in [3.05, 3.63) is 23.5 Å². The van der Waals surface area contributed by atoms with Gasteiger partial charge in [-0.15, -0.1) is 0 Å². The molecule has 1 amide bonds. The molecule has 0 unspecified atom stereocenters. The molecule has 1 rings (SSSR count). The molecule has 0 saturated heterocycles. The number of aliphatic carboxylic acids is 1. The summed E-state index contributed by atoms with van der Waals surface area (Å²) in [7, 11) is 0. The minimum atomic E-state index is -1.02. The Bertz CT molecular complexity index is 520. The van der Waals surface area contributed by atoms with E-state index in [0.29, 0.717) is 12.0 Å². The van der Waals surface area contributed by atoms with Crippen LogP contribution >= 0.6 is 0 Å². The lowest BCUT2D eigenvalue weighted by atomic mass is 10.1. The molecule has 0 spiro atoms. The first-order chi connectivity index (χ1) is 8.49. The number of hydrogen-bond donors (Lipinski definition) is 1. The third kappa shape index (κ3) is 3.04. The Kier molecular flexibility index (Phi) is 4.38. The van der Waals surface area contributed by atoms with Gasteiger partial charge in [-0.1, -0.05) is 6.92 Å². The molecule has 0 bridgehead atoms. The molecule has 1 heterocycles. The average Bonchev–Trinajstić information content (AvgIpc) is 2.30. The normalized spacial score (nSPS) is 9.61. The summed E-state index contributed by atoms with van der Waals surface area (Å²) in [4.78, 5) is 27.0. The van der Waals surface area contributed by atoms with E-state index in [4.69, 9.17) is 10.4 Å². The molecule has 1 aromatic rings. The Morgan fingerprint density at radius 3 is 2.67 bits per heavy atom. The van der Waals surface area contributed by atoms with Crippen LogP contribution in [0.25, 0.3) is 0 Å². The van der Waals surface area contributed by atoms with Crippen LogP contribution in [0, 0.1) is 11.5 Å². The number of carboxylic acids is 1.